The lowest BCUT2D eigenvalue weighted by Crippen LogP contribution is -2.52. The van der Waals surface area contributed by atoms with Gasteiger partial charge in [-0.3, -0.25) is 9.59 Å². The minimum atomic E-state index is -0.782. The molecule has 1 N–H and O–H groups in total. The Morgan fingerprint density at radius 1 is 1.06 bits per heavy atom. The number of hydrogen-bond acceptors (Lipinski definition) is 6. The maximum Gasteiger partial charge on any atom is 0.295 e. The fraction of sp³-hybridized carbons (Fsp3) is 0.182. The van der Waals surface area contributed by atoms with Gasteiger partial charge in [-0.2, -0.15) is 0 Å². The highest BCUT2D eigenvalue weighted by Gasteiger charge is 2.30. The van der Waals surface area contributed by atoms with Crippen molar-refractivity contribution in [3.8, 4) is 5.82 Å². The molecule has 4 aromatic rings. The van der Waals surface area contributed by atoms with Crippen LogP contribution < -0.4 is 0 Å². The molecule has 0 spiro atoms. The number of nitrogens with zero attached hydrogens (tertiary/aromatic N) is 6. The number of hydrogen-bond donors (Lipinski definition) is 1. The summed E-state index contributed by atoms with van der Waals surface area (Å²) >= 11 is 5.57. The molecule has 1 aromatic carbocycles. The number of benzene rings is 1. The fourth-order valence-electron chi connectivity index (χ4n) is 3.90. The molecule has 3 aromatic heterocycles. The van der Waals surface area contributed by atoms with Crippen LogP contribution in [0.2, 0.25) is 0 Å². The summed E-state index contributed by atoms with van der Waals surface area (Å²) in [6.07, 6.45) is 5.33. The first-order valence-electron chi connectivity index (χ1n) is 10.2. The number of Topliss-reactive ketones (excluding diaryl/α,β-unsaturated/α-hetero) is 1. The average molecular weight is 463 g/mol. The van der Waals surface area contributed by atoms with E-state index in [9.17, 15) is 14.0 Å². The highest BCUT2D eigenvalue weighted by molar-refractivity contribution is 7.80. The Morgan fingerprint density at radius 2 is 1.79 bits per heavy atom. The molecular weight excluding hydrogens is 445 g/mol. The van der Waals surface area contributed by atoms with Crippen LogP contribution in [-0.4, -0.2) is 77.6 Å². The number of rotatable bonds is 4. The van der Waals surface area contributed by atoms with Crippen LogP contribution in [-0.2, 0) is 4.79 Å². The lowest BCUT2D eigenvalue weighted by atomic mass is 10.1. The normalized spacial score (nSPS) is 14.0. The highest BCUT2D eigenvalue weighted by atomic mass is 32.1. The van der Waals surface area contributed by atoms with Crippen molar-refractivity contribution in [2.24, 2.45) is 0 Å². The predicted octanol–water partition coefficient (Wildman–Crippen LogP) is 1.99. The number of pyridine rings is 1. The van der Waals surface area contributed by atoms with E-state index >= 15 is 0 Å². The zero-order valence-corrected chi connectivity index (χ0v) is 18.1. The number of fused-ring (bicyclic) bond motifs is 1. The SMILES string of the molecule is O=C(C(=O)N1CCN(C(=S)c2ccccc2)CC1)c1c[nH]c2c(-n3ccnn3)ncc(F)c12. The maximum absolute atomic E-state index is 14.6. The van der Waals surface area contributed by atoms with Crippen molar-refractivity contribution in [2.45, 2.75) is 0 Å². The minimum absolute atomic E-state index is 0.00209. The molecule has 4 heterocycles. The van der Waals surface area contributed by atoms with Crippen LogP contribution in [0.4, 0.5) is 4.39 Å². The van der Waals surface area contributed by atoms with E-state index in [0.717, 1.165) is 11.8 Å². The molecule has 9 nitrogen and oxygen atoms in total. The van der Waals surface area contributed by atoms with Crippen LogP contribution in [0.1, 0.15) is 15.9 Å². The van der Waals surface area contributed by atoms with Gasteiger partial charge in [-0.15, -0.1) is 5.10 Å². The number of halogens is 1. The molecule has 1 saturated heterocycles. The molecule has 11 heteroatoms. The zero-order chi connectivity index (χ0) is 22.9. The van der Waals surface area contributed by atoms with Crippen molar-refractivity contribution in [2.75, 3.05) is 26.2 Å². The van der Waals surface area contributed by atoms with Crippen molar-refractivity contribution in [1.29, 1.82) is 0 Å². The summed E-state index contributed by atoms with van der Waals surface area (Å²) < 4.78 is 16.0. The van der Waals surface area contributed by atoms with Gasteiger partial charge in [0.1, 0.15) is 4.99 Å². The maximum atomic E-state index is 14.6. The molecule has 0 radical (unpaired) electrons. The zero-order valence-electron chi connectivity index (χ0n) is 17.3. The smallest absolute Gasteiger partial charge is 0.295 e. The lowest BCUT2D eigenvalue weighted by molar-refractivity contribution is -0.127. The van der Waals surface area contributed by atoms with E-state index in [2.05, 4.69) is 20.3 Å². The summed E-state index contributed by atoms with van der Waals surface area (Å²) in [5.41, 5.74) is 1.16. The van der Waals surface area contributed by atoms with Gasteiger partial charge in [-0.05, 0) is 0 Å². The van der Waals surface area contributed by atoms with E-state index in [1.165, 1.54) is 22.0 Å². The van der Waals surface area contributed by atoms with Gasteiger partial charge in [-0.1, -0.05) is 47.8 Å². The Morgan fingerprint density at radius 3 is 2.48 bits per heavy atom. The van der Waals surface area contributed by atoms with Crippen LogP contribution in [0, 0.1) is 5.82 Å². The van der Waals surface area contributed by atoms with E-state index < -0.39 is 17.5 Å². The quantitative estimate of drug-likeness (QED) is 0.281. The third kappa shape index (κ3) is 3.76. The summed E-state index contributed by atoms with van der Waals surface area (Å²) in [7, 11) is 0. The molecule has 1 aliphatic rings. The average Bonchev–Trinajstić information content (AvgIpc) is 3.55. The second kappa shape index (κ2) is 8.51. The largest absolute Gasteiger partial charge is 0.359 e. The van der Waals surface area contributed by atoms with Crippen LogP contribution in [0.25, 0.3) is 16.7 Å². The molecule has 5 rings (SSSR count). The van der Waals surface area contributed by atoms with E-state index in [1.54, 1.807) is 6.20 Å². The van der Waals surface area contributed by atoms with Gasteiger partial charge in [0.25, 0.3) is 11.7 Å². The summed E-state index contributed by atoms with van der Waals surface area (Å²) in [5.74, 6) is -1.89. The summed E-state index contributed by atoms with van der Waals surface area (Å²) in [5, 5.41) is 7.58. The van der Waals surface area contributed by atoms with E-state index in [4.69, 9.17) is 12.2 Å². The number of carbonyl (C=O) groups excluding carboxylic acids is 2. The summed E-state index contributed by atoms with van der Waals surface area (Å²) in [4.78, 5) is 37.1. The predicted molar refractivity (Wildman–Crippen MR) is 122 cm³/mol. The number of H-pyrrole nitrogens is 1. The van der Waals surface area contributed by atoms with Crippen LogP contribution in [0.5, 0.6) is 0 Å². The van der Waals surface area contributed by atoms with Crippen molar-refractivity contribution in [3.63, 3.8) is 0 Å². The number of aromatic nitrogens is 5. The van der Waals surface area contributed by atoms with Crippen molar-refractivity contribution < 1.29 is 14.0 Å². The van der Waals surface area contributed by atoms with Gasteiger partial charge in [0.15, 0.2) is 11.6 Å². The second-order valence-electron chi connectivity index (χ2n) is 7.51. The topological polar surface area (TPSA) is 100 Å². The van der Waals surface area contributed by atoms with Crippen LogP contribution >= 0.6 is 12.2 Å². The molecule has 1 amide bonds. The molecule has 1 aliphatic heterocycles. The third-order valence-corrected chi connectivity index (χ3v) is 6.09. The number of carbonyl (C=O) groups is 2. The van der Waals surface area contributed by atoms with Crippen molar-refractivity contribution >= 4 is 39.8 Å². The van der Waals surface area contributed by atoms with E-state index in [0.29, 0.717) is 31.2 Å². The molecule has 0 saturated carbocycles. The first-order chi connectivity index (χ1) is 16.0. The molecule has 166 valence electrons. The number of piperazine rings is 1. The van der Waals surface area contributed by atoms with Crippen molar-refractivity contribution in [3.05, 3.63) is 72.1 Å². The Balaban J connectivity index is 1.34. The lowest BCUT2D eigenvalue weighted by Gasteiger charge is -2.36. The Bertz CT molecular complexity index is 1350. The molecular formula is C22H18FN7O2S. The number of amides is 1. The second-order valence-corrected chi connectivity index (χ2v) is 7.90. The van der Waals surface area contributed by atoms with Gasteiger partial charge in [0, 0.05) is 37.9 Å². The number of thiocarbonyl (C=S) groups is 1. The monoisotopic (exact) mass is 463 g/mol. The van der Waals surface area contributed by atoms with Gasteiger partial charge in [0.05, 0.1) is 35.1 Å². The van der Waals surface area contributed by atoms with Gasteiger partial charge < -0.3 is 14.8 Å². The summed E-state index contributed by atoms with van der Waals surface area (Å²) in [6.45, 7) is 1.70. The standard InChI is InChI=1S/C22H18FN7O2S/c23-16-13-25-20(30-7-6-26-27-30)18-17(16)15(12-24-18)19(31)21(32)28-8-10-29(11-9-28)22(33)14-4-2-1-3-5-14/h1-7,12-13,24H,8-11H2. The van der Waals surface area contributed by atoms with Gasteiger partial charge in [-0.25, -0.2) is 14.1 Å². The van der Waals surface area contributed by atoms with Crippen LogP contribution in [0.15, 0.2) is 55.1 Å². The minimum Gasteiger partial charge on any atom is -0.359 e. The first-order valence-corrected chi connectivity index (χ1v) is 10.7. The summed E-state index contributed by atoms with van der Waals surface area (Å²) in [6, 6.07) is 9.65. The highest BCUT2D eigenvalue weighted by Crippen LogP contribution is 2.26. The fourth-order valence-corrected chi connectivity index (χ4v) is 4.22. The van der Waals surface area contributed by atoms with E-state index in [1.807, 2.05) is 35.2 Å². The Hall–Kier alpha value is -3.99. The van der Waals surface area contributed by atoms with E-state index in [-0.39, 0.29) is 22.3 Å². The molecule has 0 aliphatic carbocycles. The number of ketones is 1. The molecule has 0 bridgehead atoms. The molecule has 0 atom stereocenters. The Kier molecular flexibility index (Phi) is 5.38. The Labute approximate surface area is 192 Å². The molecule has 0 unspecified atom stereocenters. The number of nitrogens with one attached hydrogen (secondary N) is 1. The number of aromatic amines is 1. The molecule has 1 fully saturated rings. The first kappa shape index (κ1) is 20.9. The van der Waals surface area contributed by atoms with Crippen LogP contribution in [0.3, 0.4) is 0 Å². The third-order valence-electron chi connectivity index (χ3n) is 5.60. The van der Waals surface area contributed by atoms with Gasteiger partial charge >= 0.3 is 0 Å². The van der Waals surface area contributed by atoms with Gasteiger partial charge in [0.2, 0.25) is 0 Å². The van der Waals surface area contributed by atoms with Crippen molar-refractivity contribution in [1.82, 2.24) is 34.8 Å². The molecule has 33 heavy (non-hydrogen) atoms.